The Hall–Kier alpha value is -1.06. The second-order valence-electron chi connectivity index (χ2n) is 3.29. The first-order valence-electron chi connectivity index (χ1n) is 5.14. The summed E-state index contributed by atoms with van der Waals surface area (Å²) in [6, 6.07) is 7.67. The molecule has 0 spiro atoms. The van der Waals surface area contributed by atoms with Crippen LogP contribution in [0.3, 0.4) is 0 Å². The first-order valence-corrected chi connectivity index (χ1v) is 5.52. The van der Waals surface area contributed by atoms with Gasteiger partial charge in [0, 0.05) is 11.9 Å². The lowest BCUT2D eigenvalue weighted by Crippen LogP contribution is -2.09. The Morgan fingerprint density at radius 3 is 2.69 bits per heavy atom. The van der Waals surface area contributed by atoms with E-state index in [1.165, 1.54) is 6.92 Å². The lowest BCUT2D eigenvalue weighted by Gasteiger charge is -2.05. The molecule has 16 heavy (non-hydrogen) atoms. The van der Waals surface area contributed by atoms with Crippen molar-refractivity contribution in [2.24, 2.45) is 0 Å². The van der Waals surface area contributed by atoms with Crippen LogP contribution < -0.4 is 0 Å². The van der Waals surface area contributed by atoms with Gasteiger partial charge in [-0.15, -0.1) is 0 Å². The Morgan fingerprint density at radius 1 is 1.25 bits per heavy atom. The molecule has 0 atom stereocenters. The molecule has 0 N–H and O–H groups in total. The summed E-state index contributed by atoms with van der Waals surface area (Å²) in [5.74, 6) is -0.283. The number of rotatable bonds is 6. The van der Waals surface area contributed by atoms with Crippen LogP contribution in [0.15, 0.2) is 24.3 Å². The van der Waals surface area contributed by atoms with E-state index in [1.54, 1.807) is 0 Å². The van der Waals surface area contributed by atoms with Crippen LogP contribution in [0.5, 0.6) is 0 Å². The van der Waals surface area contributed by atoms with Crippen molar-refractivity contribution in [2.75, 3.05) is 19.8 Å². The Labute approximate surface area is 100 Å². The van der Waals surface area contributed by atoms with Gasteiger partial charge >= 0.3 is 5.97 Å². The predicted molar refractivity (Wildman–Crippen MR) is 62.6 cm³/mol. The molecule has 0 fully saturated rings. The normalized spacial score (nSPS) is 10.1. The third-order valence-corrected chi connectivity index (χ3v) is 2.38. The highest BCUT2D eigenvalue weighted by molar-refractivity contribution is 6.31. The number of carbonyl (C=O) groups excluding carboxylic acids is 1. The van der Waals surface area contributed by atoms with E-state index in [-0.39, 0.29) is 5.97 Å². The fourth-order valence-electron chi connectivity index (χ4n) is 1.23. The van der Waals surface area contributed by atoms with Gasteiger partial charge in [-0.3, -0.25) is 4.79 Å². The minimum Gasteiger partial charge on any atom is -0.463 e. The molecule has 4 heteroatoms. The summed E-state index contributed by atoms with van der Waals surface area (Å²) >= 11 is 5.98. The van der Waals surface area contributed by atoms with E-state index >= 15 is 0 Å². The van der Waals surface area contributed by atoms with Crippen LogP contribution in [0.4, 0.5) is 0 Å². The van der Waals surface area contributed by atoms with Gasteiger partial charge in [0.1, 0.15) is 6.61 Å². The molecule has 0 aromatic heterocycles. The molecule has 0 saturated heterocycles. The number of benzene rings is 1. The SMILES string of the molecule is CC(=O)OCCOCCc1ccccc1Cl. The molecule has 0 heterocycles. The molecule has 0 saturated carbocycles. The summed E-state index contributed by atoms with van der Waals surface area (Å²) in [5, 5.41) is 0.756. The van der Waals surface area contributed by atoms with E-state index in [2.05, 4.69) is 0 Å². The van der Waals surface area contributed by atoms with Crippen LogP contribution in [-0.2, 0) is 20.7 Å². The fourth-order valence-corrected chi connectivity index (χ4v) is 1.46. The van der Waals surface area contributed by atoms with Crippen LogP contribution >= 0.6 is 11.6 Å². The number of carbonyl (C=O) groups is 1. The van der Waals surface area contributed by atoms with E-state index in [4.69, 9.17) is 21.1 Å². The quantitative estimate of drug-likeness (QED) is 0.568. The van der Waals surface area contributed by atoms with E-state index in [0.29, 0.717) is 19.8 Å². The van der Waals surface area contributed by atoms with E-state index in [0.717, 1.165) is 17.0 Å². The Bertz CT molecular complexity index is 339. The van der Waals surface area contributed by atoms with Gasteiger partial charge in [-0.05, 0) is 18.1 Å². The van der Waals surface area contributed by atoms with E-state index < -0.39 is 0 Å². The fraction of sp³-hybridized carbons (Fsp3) is 0.417. The third-order valence-electron chi connectivity index (χ3n) is 2.01. The molecule has 0 aliphatic heterocycles. The molecule has 1 aromatic carbocycles. The second kappa shape index (κ2) is 7.25. The smallest absolute Gasteiger partial charge is 0.302 e. The maximum atomic E-state index is 10.4. The van der Waals surface area contributed by atoms with Crippen molar-refractivity contribution in [3.8, 4) is 0 Å². The zero-order chi connectivity index (χ0) is 11.8. The number of esters is 1. The van der Waals surface area contributed by atoms with Gasteiger partial charge in [0.05, 0.1) is 13.2 Å². The molecule has 0 unspecified atom stereocenters. The monoisotopic (exact) mass is 242 g/mol. The molecule has 0 aliphatic carbocycles. The molecular weight excluding hydrogens is 228 g/mol. The van der Waals surface area contributed by atoms with Gasteiger partial charge in [0.2, 0.25) is 0 Å². The van der Waals surface area contributed by atoms with Crippen molar-refractivity contribution >= 4 is 17.6 Å². The second-order valence-corrected chi connectivity index (χ2v) is 3.70. The van der Waals surface area contributed by atoms with E-state index in [1.807, 2.05) is 24.3 Å². The summed E-state index contributed by atoms with van der Waals surface area (Å²) in [5.41, 5.74) is 1.07. The number of hydrogen-bond acceptors (Lipinski definition) is 3. The zero-order valence-corrected chi connectivity index (χ0v) is 10.00. The third kappa shape index (κ3) is 5.14. The lowest BCUT2D eigenvalue weighted by molar-refractivity contribution is -0.142. The first kappa shape index (κ1) is 13.0. The van der Waals surface area contributed by atoms with Crippen LogP contribution in [0, 0.1) is 0 Å². The zero-order valence-electron chi connectivity index (χ0n) is 9.24. The molecule has 1 aromatic rings. The largest absolute Gasteiger partial charge is 0.463 e. The highest BCUT2D eigenvalue weighted by Crippen LogP contribution is 2.15. The summed E-state index contributed by atoms with van der Waals surface area (Å²) in [6.07, 6.45) is 0.764. The van der Waals surface area contributed by atoms with Crippen molar-refractivity contribution in [2.45, 2.75) is 13.3 Å². The minimum atomic E-state index is -0.283. The predicted octanol–water partition coefficient (Wildman–Crippen LogP) is 2.46. The Balaban J connectivity index is 2.12. The Morgan fingerprint density at radius 2 is 2.00 bits per heavy atom. The highest BCUT2D eigenvalue weighted by Gasteiger charge is 1.98. The standard InChI is InChI=1S/C12H15ClO3/c1-10(14)16-9-8-15-7-6-11-4-2-3-5-12(11)13/h2-5H,6-9H2,1H3. The first-order chi connectivity index (χ1) is 7.70. The van der Waals surface area contributed by atoms with Gasteiger partial charge in [-0.25, -0.2) is 0 Å². The molecular formula is C12H15ClO3. The minimum absolute atomic E-state index is 0.283. The molecule has 88 valence electrons. The number of ether oxygens (including phenoxy) is 2. The molecule has 0 radical (unpaired) electrons. The Kier molecular flexibility index (Phi) is 5.90. The summed E-state index contributed by atoms with van der Waals surface area (Å²) in [7, 11) is 0. The van der Waals surface area contributed by atoms with Crippen LogP contribution in [0.1, 0.15) is 12.5 Å². The maximum absolute atomic E-state index is 10.4. The van der Waals surface area contributed by atoms with Gasteiger partial charge in [-0.1, -0.05) is 29.8 Å². The van der Waals surface area contributed by atoms with Crippen molar-refractivity contribution in [1.82, 2.24) is 0 Å². The highest BCUT2D eigenvalue weighted by atomic mass is 35.5. The summed E-state index contributed by atoms with van der Waals surface area (Å²) in [6.45, 7) is 2.68. The van der Waals surface area contributed by atoms with Gasteiger partial charge in [-0.2, -0.15) is 0 Å². The van der Waals surface area contributed by atoms with Crippen LogP contribution in [0.25, 0.3) is 0 Å². The van der Waals surface area contributed by atoms with Crippen molar-refractivity contribution < 1.29 is 14.3 Å². The number of hydrogen-bond donors (Lipinski definition) is 0. The molecule has 3 nitrogen and oxygen atoms in total. The average molecular weight is 243 g/mol. The maximum Gasteiger partial charge on any atom is 0.302 e. The van der Waals surface area contributed by atoms with E-state index in [9.17, 15) is 4.79 Å². The molecule has 1 rings (SSSR count). The summed E-state index contributed by atoms with van der Waals surface area (Å²) in [4.78, 5) is 10.4. The topological polar surface area (TPSA) is 35.5 Å². The van der Waals surface area contributed by atoms with Crippen molar-refractivity contribution in [1.29, 1.82) is 0 Å². The lowest BCUT2D eigenvalue weighted by atomic mass is 10.2. The van der Waals surface area contributed by atoms with Crippen molar-refractivity contribution in [3.05, 3.63) is 34.9 Å². The average Bonchev–Trinajstić information content (AvgIpc) is 2.25. The van der Waals surface area contributed by atoms with Crippen molar-refractivity contribution in [3.63, 3.8) is 0 Å². The van der Waals surface area contributed by atoms with Crippen LogP contribution in [-0.4, -0.2) is 25.8 Å². The molecule has 0 bridgehead atoms. The van der Waals surface area contributed by atoms with Gasteiger partial charge < -0.3 is 9.47 Å². The number of halogens is 1. The van der Waals surface area contributed by atoms with Crippen LogP contribution in [0.2, 0.25) is 5.02 Å². The summed E-state index contributed by atoms with van der Waals surface area (Å²) < 4.78 is 10.0. The molecule has 0 amide bonds. The van der Waals surface area contributed by atoms with Gasteiger partial charge in [0.15, 0.2) is 0 Å². The molecule has 0 aliphatic rings. The van der Waals surface area contributed by atoms with Gasteiger partial charge in [0.25, 0.3) is 0 Å².